The Bertz CT molecular complexity index is 1020. The molecule has 1 amide bonds. The molecule has 0 aliphatic heterocycles. The quantitative estimate of drug-likeness (QED) is 0.333. The van der Waals surface area contributed by atoms with E-state index in [0.29, 0.717) is 10.3 Å². The van der Waals surface area contributed by atoms with Crippen molar-refractivity contribution in [3.8, 4) is 11.3 Å². The van der Waals surface area contributed by atoms with Crippen molar-refractivity contribution in [2.75, 3.05) is 23.4 Å². The zero-order valence-corrected chi connectivity index (χ0v) is 17.5. The second kappa shape index (κ2) is 9.48. The van der Waals surface area contributed by atoms with Gasteiger partial charge in [-0.15, -0.1) is 11.3 Å². The first-order valence-corrected chi connectivity index (χ1v) is 10.6. The fourth-order valence-corrected chi connectivity index (χ4v) is 3.65. The molecule has 0 aliphatic carbocycles. The van der Waals surface area contributed by atoms with Crippen LogP contribution in [0, 0.1) is 6.92 Å². The smallest absolute Gasteiger partial charge is 0.343 e. The lowest BCUT2D eigenvalue weighted by Crippen LogP contribution is -2.15. The van der Waals surface area contributed by atoms with E-state index < -0.39 is 5.97 Å². The predicted octanol–water partition coefficient (Wildman–Crippen LogP) is 3.40. The Hall–Kier alpha value is -2.98. The van der Waals surface area contributed by atoms with Crippen LogP contribution in [-0.4, -0.2) is 39.2 Å². The second-order valence-electron chi connectivity index (χ2n) is 5.91. The van der Waals surface area contributed by atoms with E-state index in [1.807, 2.05) is 36.6 Å². The molecule has 0 radical (unpaired) electrons. The number of hydrogen-bond acceptors (Lipinski definition) is 9. The molecule has 0 aliphatic rings. The number of ether oxygens (including phenoxy) is 1. The molecule has 3 rings (SSSR count). The Morgan fingerprint density at radius 3 is 2.69 bits per heavy atom. The van der Waals surface area contributed by atoms with Crippen LogP contribution >= 0.6 is 23.1 Å². The number of carbonyl (C=O) groups excluding carboxylic acids is 2. The Morgan fingerprint density at radius 1 is 1.24 bits per heavy atom. The molecule has 2 aromatic heterocycles. The van der Waals surface area contributed by atoms with Gasteiger partial charge in [-0.25, -0.2) is 19.7 Å². The molecule has 29 heavy (non-hydrogen) atoms. The SMILES string of the molecule is CCOC(=O)c1cnc(SCC(=O)Nc2nc(-c3ccc(C)cc3)cs2)nc1N. The van der Waals surface area contributed by atoms with Crippen LogP contribution in [-0.2, 0) is 9.53 Å². The number of amides is 1. The van der Waals surface area contributed by atoms with Gasteiger partial charge in [-0.2, -0.15) is 0 Å². The summed E-state index contributed by atoms with van der Waals surface area (Å²) in [6.45, 7) is 3.96. The predicted molar refractivity (Wildman–Crippen MR) is 114 cm³/mol. The Morgan fingerprint density at radius 2 is 2.00 bits per heavy atom. The maximum atomic E-state index is 12.2. The Kier molecular flexibility index (Phi) is 6.78. The number of nitrogen functional groups attached to an aromatic ring is 1. The summed E-state index contributed by atoms with van der Waals surface area (Å²) in [4.78, 5) is 36.4. The lowest BCUT2D eigenvalue weighted by atomic mass is 10.1. The van der Waals surface area contributed by atoms with Gasteiger partial charge >= 0.3 is 5.97 Å². The van der Waals surface area contributed by atoms with E-state index in [0.717, 1.165) is 23.0 Å². The average molecular weight is 430 g/mol. The summed E-state index contributed by atoms with van der Waals surface area (Å²) in [5, 5.41) is 5.47. The van der Waals surface area contributed by atoms with Crippen molar-refractivity contribution in [3.05, 3.63) is 47.0 Å². The number of hydrogen-bond donors (Lipinski definition) is 2. The number of benzene rings is 1. The molecule has 2 heterocycles. The normalized spacial score (nSPS) is 10.6. The van der Waals surface area contributed by atoms with Gasteiger partial charge in [0.1, 0.15) is 11.4 Å². The summed E-state index contributed by atoms with van der Waals surface area (Å²) < 4.78 is 4.88. The first-order chi connectivity index (χ1) is 14.0. The summed E-state index contributed by atoms with van der Waals surface area (Å²) in [5.74, 6) is -0.717. The number of nitrogens with zero attached hydrogens (tertiary/aromatic N) is 3. The molecule has 8 nitrogen and oxygen atoms in total. The zero-order valence-electron chi connectivity index (χ0n) is 15.8. The van der Waals surface area contributed by atoms with Crippen LogP contribution in [0.2, 0.25) is 0 Å². The minimum atomic E-state index is -0.576. The first-order valence-electron chi connectivity index (χ1n) is 8.71. The van der Waals surface area contributed by atoms with Crippen molar-refractivity contribution in [3.63, 3.8) is 0 Å². The van der Waals surface area contributed by atoms with Crippen LogP contribution < -0.4 is 11.1 Å². The Labute approximate surface area is 175 Å². The minimum Gasteiger partial charge on any atom is -0.462 e. The van der Waals surface area contributed by atoms with Crippen LogP contribution in [0.25, 0.3) is 11.3 Å². The highest BCUT2D eigenvalue weighted by Gasteiger charge is 2.15. The second-order valence-corrected chi connectivity index (χ2v) is 7.71. The van der Waals surface area contributed by atoms with Gasteiger partial charge in [0.15, 0.2) is 10.3 Å². The largest absolute Gasteiger partial charge is 0.462 e. The lowest BCUT2D eigenvalue weighted by molar-refractivity contribution is -0.113. The number of aryl methyl sites for hydroxylation is 1. The summed E-state index contributed by atoms with van der Waals surface area (Å²) in [7, 11) is 0. The lowest BCUT2D eigenvalue weighted by Gasteiger charge is -2.06. The van der Waals surface area contributed by atoms with Crippen LogP contribution in [0.1, 0.15) is 22.8 Å². The van der Waals surface area contributed by atoms with Crippen molar-refractivity contribution in [2.24, 2.45) is 0 Å². The Balaban J connectivity index is 1.56. The van der Waals surface area contributed by atoms with Crippen molar-refractivity contribution >= 4 is 45.9 Å². The van der Waals surface area contributed by atoms with Crippen molar-refractivity contribution in [2.45, 2.75) is 19.0 Å². The summed E-state index contributed by atoms with van der Waals surface area (Å²) >= 11 is 2.47. The third kappa shape index (κ3) is 5.52. The van der Waals surface area contributed by atoms with Crippen LogP contribution in [0.15, 0.2) is 41.0 Å². The molecule has 0 saturated heterocycles. The van der Waals surface area contributed by atoms with Crippen molar-refractivity contribution in [1.29, 1.82) is 0 Å². The molecule has 0 atom stereocenters. The van der Waals surface area contributed by atoms with Gasteiger partial charge in [0.05, 0.1) is 18.1 Å². The highest BCUT2D eigenvalue weighted by atomic mass is 32.2. The molecule has 0 unspecified atom stereocenters. The highest BCUT2D eigenvalue weighted by molar-refractivity contribution is 7.99. The molecule has 0 fully saturated rings. The number of nitrogens with one attached hydrogen (secondary N) is 1. The first kappa shape index (κ1) is 20.7. The van der Waals surface area contributed by atoms with Gasteiger partial charge in [-0.1, -0.05) is 41.6 Å². The fraction of sp³-hybridized carbons (Fsp3) is 0.211. The summed E-state index contributed by atoms with van der Waals surface area (Å²) in [5.41, 5.74) is 8.85. The van der Waals surface area contributed by atoms with Gasteiger partial charge < -0.3 is 15.8 Å². The number of rotatable bonds is 7. The van der Waals surface area contributed by atoms with Gasteiger partial charge in [-0.05, 0) is 13.8 Å². The van der Waals surface area contributed by atoms with Crippen molar-refractivity contribution < 1.29 is 14.3 Å². The van der Waals surface area contributed by atoms with E-state index in [2.05, 4.69) is 20.3 Å². The number of aromatic nitrogens is 3. The van der Waals surface area contributed by atoms with E-state index in [1.54, 1.807) is 6.92 Å². The maximum absolute atomic E-state index is 12.2. The molecule has 3 aromatic rings. The van der Waals surface area contributed by atoms with E-state index in [4.69, 9.17) is 10.5 Å². The minimum absolute atomic E-state index is 0.0176. The molecule has 10 heteroatoms. The monoisotopic (exact) mass is 429 g/mol. The highest BCUT2D eigenvalue weighted by Crippen LogP contribution is 2.25. The van der Waals surface area contributed by atoms with E-state index in [1.165, 1.54) is 23.1 Å². The number of esters is 1. The van der Waals surface area contributed by atoms with Gasteiger partial charge in [0, 0.05) is 17.1 Å². The molecule has 150 valence electrons. The topological polar surface area (TPSA) is 120 Å². The molecule has 0 spiro atoms. The van der Waals surface area contributed by atoms with E-state index in [-0.39, 0.29) is 29.6 Å². The van der Waals surface area contributed by atoms with Gasteiger partial charge in [0.2, 0.25) is 5.91 Å². The number of anilines is 2. The average Bonchev–Trinajstić information content (AvgIpc) is 3.15. The molecule has 1 aromatic carbocycles. The van der Waals surface area contributed by atoms with E-state index in [9.17, 15) is 9.59 Å². The van der Waals surface area contributed by atoms with Crippen molar-refractivity contribution in [1.82, 2.24) is 15.0 Å². The van der Waals surface area contributed by atoms with Gasteiger partial charge in [-0.3, -0.25) is 4.79 Å². The zero-order chi connectivity index (χ0) is 20.8. The summed E-state index contributed by atoms with van der Waals surface area (Å²) in [6.07, 6.45) is 1.30. The summed E-state index contributed by atoms with van der Waals surface area (Å²) in [6, 6.07) is 8.02. The number of thioether (sulfide) groups is 1. The van der Waals surface area contributed by atoms with Crippen LogP contribution in [0.4, 0.5) is 10.9 Å². The molecular weight excluding hydrogens is 410 g/mol. The van der Waals surface area contributed by atoms with Crippen LogP contribution in [0.3, 0.4) is 0 Å². The molecule has 3 N–H and O–H groups in total. The van der Waals surface area contributed by atoms with Gasteiger partial charge in [0.25, 0.3) is 0 Å². The standard InChI is InChI=1S/C19H19N5O3S2/c1-3-27-17(26)13-8-21-18(24-16(13)20)29-10-15(25)23-19-22-14(9-28-19)12-6-4-11(2)5-7-12/h4-9H,3,10H2,1-2H3,(H2,20,21,24)(H,22,23,25). The van der Waals surface area contributed by atoms with E-state index >= 15 is 0 Å². The number of thiazole rings is 1. The molecule has 0 saturated carbocycles. The fourth-order valence-electron chi connectivity index (χ4n) is 2.29. The van der Waals surface area contributed by atoms with Crippen LogP contribution in [0.5, 0.6) is 0 Å². The molecular formula is C19H19N5O3S2. The number of nitrogens with two attached hydrogens (primary N) is 1. The molecule has 0 bridgehead atoms. The third-order valence-corrected chi connectivity index (χ3v) is 5.34. The maximum Gasteiger partial charge on any atom is 0.343 e. The third-order valence-electron chi connectivity index (χ3n) is 3.72. The number of carbonyl (C=O) groups is 2.